The number of ether oxygens (including phenoxy) is 2. The fraction of sp³-hybridized carbons (Fsp3) is 0.105. The Hall–Kier alpha value is -2.53. The number of nitrogens with zero attached hydrogens (tertiary/aromatic N) is 2. The first kappa shape index (κ1) is 15.0. The zero-order chi connectivity index (χ0) is 16.7. The number of methoxy groups -OCH3 is 2. The lowest BCUT2D eigenvalue weighted by molar-refractivity contribution is 0.397. The van der Waals surface area contributed by atoms with E-state index in [1.807, 2.05) is 47.1 Å². The minimum absolute atomic E-state index is 0.581. The fourth-order valence-electron chi connectivity index (χ4n) is 3.01. The number of hydrogen-bond acceptors (Lipinski definition) is 3. The summed E-state index contributed by atoms with van der Waals surface area (Å²) in [7, 11) is 3.31. The second-order valence-electron chi connectivity index (χ2n) is 5.42. The topological polar surface area (TPSA) is 36.3 Å². The summed E-state index contributed by atoms with van der Waals surface area (Å²) in [5.74, 6) is 1.38. The van der Waals surface area contributed by atoms with Crippen molar-refractivity contribution in [3.63, 3.8) is 0 Å². The summed E-state index contributed by atoms with van der Waals surface area (Å²) >= 11 is 3.54. The Balaban J connectivity index is 2.19. The molecule has 0 spiro atoms. The molecule has 120 valence electrons. The van der Waals surface area contributed by atoms with Gasteiger partial charge in [0, 0.05) is 15.2 Å². The highest BCUT2D eigenvalue weighted by Crippen LogP contribution is 2.39. The van der Waals surface area contributed by atoms with E-state index in [9.17, 15) is 0 Å². The lowest BCUT2D eigenvalue weighted by atomic mass is 10.1. The normalized spacial score (nSPS) is 11.1. The van der Waals surface area contributed by atoms with Crippen LogP contribution in [0.3, 0.4) is 0 Å². The Morgan fingerprint density at radius 2 is 1.67 bits per heavy atom. The van der Waals surface area contributed by atoms with E-state index in [2.05, 4.69) is 33.2 Å². The monoisotopic (exact) mass is 382 g/mol. The summed E-state index contributed by atoms with van der Waals surface area (Å²) in [6, 6.07) is 18.2. The van der Waals surface area contributed by atoms with Crippen molar-refractivity contribution in [2.24, 2.45) is 0 Å². The summed E-state index contributed by atoms with van der Waals surface area (Å²) < 4.78 is 14.0. The molecule has 24 heavy (non-hydrogen) atoms. The van der Waals surface area contributed by atoms with Gasteiger partial charge in [-0.05, 0) is 30.3 Å². The van der Waals surface area contributed by atoms with Crippen molar-refractivity contribution in [3.05, 3.63) is 59.1 Å². The molecule has 4 nitrogen and oxygen atoms in total. The molecule has 0 saturated heterocycles. The van der Waals surface area contributed by atoms with E-state index in [0.717, 1.165) is 37.6 Å². The van der Waals surface area contributed by atoms with Crippen LogP contribution in [0.1, 0.15) is 0 Å². The molecular formula is C19H15BrN2O2. The summed E-state index contributed by atoms with van der Waals surface area (Å²) in [6.07, 6.45) is 0. The maximum atomic E-state index is 5.59. The van der Waals surface area contributed by atoms with Crippen LogP contribution >= 0.6 is 15.9 Å². The molecule has 5 heteroatoms. The SMILES string of the molecule is COc1cc2c(OC)nn(-c3ccccc3)c2c2ccc(Br)cc12. The molecule has 3 aromatic carbocycles. The van der Waals surface area contributed by atoms with Crippen molar-refractivity contribution in [3.8, 4) is 17.3 Å². The van der Waals surface area contributed by atoms with Gasteiger partial charge in [-0.3, -0.25) is 0 Å². The molecule has 1 aromatic heterocycles. The predicted molar refractivity (Wildman–Crippen MR) is 99.4 cm³/mol. The number of fused-ring (bicyclic) bond motifs is 3. The van der Waals surface area contributed by atoms with Crippen LogP contribution in [-0.2, 0) is 0 Å². The molecule has 0 fully saturated rings. The van der Waals surface area contributed by atoms with Gasteiger partial charge in [0.25, 0.3) is 0 Å². The first-order valence-corrected chi connectivity index (χ1v) is 8.30. The minimum atomic E-state index is 0.581. The highest BCUT2D eigenvalue weighted by molar-refractivity contribution is 9.10. The standard InChI is InChI=1S/C19H15BrN2O2/c1-23-17-11-16-18(14-9-8-12(20)10-15(14)17)22(21-19(16)24-2)13-6-4-3-5-7-13/h3-11H,1-2H3. The van der Waals surface area contributed by atoms with E-state index in [1.165, 1.54) is 0 Å². The Morgan fingerprint density at radius 1 is 0.875 bits per heavy atom. The van der Waals surface area contributed by atoms with Crippen LogP contribution in [0.5, 0.6) is 11.6 Å². The first-order valence-electron chi connectivity index (χ1n) is 7.51. The summed E-state index contributed by atoms with van der Waals surface area (Å²) in [5.41, 5.74) is 1.99. The lowest BCUT2D eigenvalue weighted by Gasteiger charge is -2.10. The van der Waals surface area contributed by atoms with E-state index < -0.39 is 0 Å². The largest absolute Gasteiger partial charge is 0.496 e. The molecule has 0 saturated carbocycles. The highest BCUT2D eigenvalue weighted by atomic mass is 79.9. The molecule has 0 aliphatic rings. The van der Waals surface area contributed by atoms with Crippen LogP contribution in [0.4, 0.5) is 0 Å². The van der Waals surface area contributed by atoms with E-state index in [-0.39, 0.29) is 0 Å². The maximum absolute atomic E-state index is 5.59. The second-order valence-corrected chi connectivity index (χ2v) is 6.34. The maximum Gasteiger partial charge on any atom is 0.241 e. The van der Waals surface area contributed by atoms with Crippen molar-refractivity contribution in [1.82, 2.24) is 9.78 Å². The van der Waals surface area contributed by atoms with Gasteiger partial charge in [0.2, 0.25) is 5.88 Å². The van der Waals surface area contributed by atoms with E-state index in [1.54, 1.807) is 14.2 Å². The van der Waals surface area contributed by atoms with Crippen molar-refractivity contribution >= 4 is 37.6 Å². The van der Waals surface area contributed by atoms with E-state index in [4.69, 9.17) is 9.47 Å². The number of hydrogen-bond donors (Lipinski definition) is 0. The molecule has 4 aromatic rings. The molecule has 1 heterocycles. The number of para-hydroxylation sites is 1. The van der Waals surface area contributed by atoms with E-state index >= 15 is 0 Å². The van der Waals surface area contributed by atoms with Crippen molar-refractivity contribution < 1.29 is 9.47 Å². The van der Waals surface area contributed by atoms with Gasteiger partial charge in [-0.25, -0.2) is 4.68 Å². The van der Waals surface area contributed by atoms with Crippen molar-refractivity contribution in [2.45, 2.75) is 0 Å². The van der Waals surface area contributed by atoms with E-state index in [0.29, 0.717) is 5.88 Å². The van der Waals surface area contributed by atoms with Gasteiger partial charge in [0.15, 0.2) is 0 Å². The number of halogens is 1. The quantitative estimate of drug-likeness (QED) is 0.502. The Morgan fingerprint density at radius 3 is 2.38 bits per heavy atom. The van der Waals surface area contributed by atoms with Gasteiger partial charge in [0.05, 0.1) is 30.8 Å². The second kappa shape index (κ2) is 5.83. The van der Waals surface area contributed by atoms with Crippen LogP contribution in [0.25, 0.3) is 27.4 Å². The average molecular weight is 383 g/mol. The molecule has 0 bridgehead atoms. The Bertz CT molecular complexity index is 1040. The van der Waals surface area contributed by atoms with Crippen molar-refractivity contribution in [1.29, 1.82) is 0 Å². The average Bonchev–Trinajstić information content (AvgIpc) is 3.00. The van der Waals surface area contributed by atoms with Crippen molar-refractivity contribution in [2.75, 3.05) is 14.2 Å². The number of rotatable bonds is 3. The van der Waals surface area contributed by atoms with Crippen LogP contribution in [0.2, 0.25) is 0 Å². The van der Waals surface area contributed by atoms with Crippen LogP contribution in [0, 0.1) is 0 Å². The summed E-state index contributed by atoms with van der Waals surface area (Å²) in [6.45, 7) is 0. The minimum Gasteiger partial charge on any atom is -0.496 e. The molecule has 0 amide bonds. The molecule has 0 radical (unpaired) electrons. The van der Waals surface area contributed by atoms with Crippen LogP contribution in [-0.4, -0.2) is 24.0 Å². The molecule has 0 atom stereocenters. The molecular weight excluding hydrogens is 368 g/mol. The van der Waals surface area contributed by atoms with Crippen LogP contribution < -0.4 is 9.47 Å². The smallest absolute Gasteiger partial charge is 0.241 e. The van der Waals surface area contributed by atoms with Gasteiger partial charge in [-0.2, -0.15) is 0 Å². The lowest BCUT2D eigenvalue weighted by Crippen LogP contribution is -1.97. The van der Waals surface area contributed by atoms with Gasteiger partial charge < -0.3 is 9.47 Å². The molecule has 0 N–H and O–H groups in total. The zero-order valence-electron chi connectivity index (χ0n) is 13.3. The fourth-order valence-corrected chi connectivity index (χ4v) is 3.37. The highest BCUT2D eigenvalue weighted by Gasteiger charge is 2.18. The Labute approximate surface area is 147 Å². The van der Waals surface area contributed by atoms with Gasteiger partial charge in [-0.15, -0.1) is 5.10 Å². The molecule has 0 unspecified atom stereocenters. The molecule has 4 rings (SSSR count). The van der Waals surface area contributed by atoms with Crippen LogP contribution in [0.15, 0.2) is 59.1 Å². The first-order chi connectivity index (χ1) is 11.7. The molecule has 0 aliphatic carbocycles. The third-order valence-corrected chi connectivity index (χ3v) is 4.57. The zero-order valence-corrected chi connectivity index (χ0v) is 14.9. The summed E-state index contributed by atoms with van der Waals surface area (Å²) in [4.78, 5) is 0. The summed E-state index contributed by atoms with van der Waals surface area (Å²) in [5, 5.41) is 7.67. The van der Waals surface area contributed by atoms with Gasteiger partial charge in [0.1, 0.15) is 5.75 Å². The third kappa shape index (κ3) is 2.24. The van der Waals surface area contributed by atoms with Gasteiger partial charge in [-0.1, -0.05) is 40.2 Å². The number of benzene rings is 3. The Kier molecular flexibility index (Phi) is 3.65. The number of aromatic nitrogens is 2. The predicted octanol–water partition coefficient (Wildman–Crippen LogP) is 4.96. The third-order valence-electron chi connectivity index (χ3n) is 4.08. The van der Waals surface area contributed by atoms with Gasteiger partial charge >= 0.3 is 0 Å². The molecule has 0 aliphatic heterocycles.